The van der Waals surface area contributed by atoms with Gasteiger partial charge in [-0.05, 0) is 37.6 Å². The number of carbonyl (C=O) groups is 1. The molecule has 1 aromatic carbocycles. The van der Waals surface area contributed by atoms with E-state index in [-0.39, 0.29) is 11.9 Å². The van der Waals surface area contributed by atoms with Crippen LogP contribution in [0.25, 0.3) is 0 Å². The lowest BCUT2D eigenvalue weighted by molar-refractivity contribution is 0.0655. The number of nitrogens with one attached hydrogen (secondary N) is 1. The molecule has 1 N–H and O–H groups in total. The zero-order valence-electron chi connectivity index (χ0n) is 10.2. The van der Waals surface area contributed by atoms with Crippen molar-refractivity contribution in [2.75, 3.05) is 19.6 Å². The molecular weight excluding hydrogens is 236 g/mol. The van der Waals surface area contributed by atoms with Gasteiger partial charge in [0.1, 0.15) is 0 Å². The van der Waals surface area contributed by atoms with E-state index >= 15 is 0 Å². The third-order valence-electron chi connectivity index (χ3n) is 3.18. The van der Waals surface area contributed by atoms with E-state index in [2.05, 4.69) is 12.2 Å². The van der Waals surface area contributed by atoms with Crippen molar-refractivity contribution in [1.29, 1.82) is 0 Å². The zero-order valence-corrected chi connectivity index (χ0v) is 10.9. The van der Waals surface area contributed by atoms with Gasteiger partial charge in [0.25, 0.3) is 5.91 Å². The standard InChI is InChI=1S/C13H17ClN2O/c1-9-7-11(14)3-4-12(9)13(17)16-6-5-15-8-10(16)2/h3-4,7,10,15H,5-6,8H2,1-2H3/t10-/m0/s1. The Morgan fingerprint density at radius 3 is 2.94 bits per heavy atom. The topological polar surface area (TPSA) is 32.3 Å². The molecule has 0 bridgehead atoms. The summed E-state index contributed by atoms with van der Waals surface area (Å²) in [6.07, 6.45) is 0. The maximum Gasteiger partial charge on any atom is 0.254 e. The number of piperazine rings is 1. The van der Waals surface area contributed by atoms with Crippen LogP contribution in [0.15, 0.2) is 18.2 Å². The van der Waals surface area contributed by atoms with Crippen LogP contribution in [0.2, 0.25) is 5.02 Å². The molecule has 0 saturated carbocycles. The highest BCUT2D eigenvalue weighted by Gasteiger charge is 2.24. The summed E-state index contributed by atoms with van der Waals surface area (Å²) in [4.78, 5) is 14.3. The van der Waals surface area contributed by atoms with E-state index in [0.29, 0.717) is 5.02 Å². The largest absolute Gasteiger partial charge is 0.333 e. The summed E-state index contributed by atoms with van der Waals surface area (Å²) in [7, 11) is 0. The van der Waals surface area contributed by atoms with Gasteiger partial charge in [-0.15, -0.1) is 0 Å². The van der Waals surface area contributed by atoms with Crippen LogP contribution in [0.1, 0.15) is 22.8 Å². The third kappa shape index (κ3) is 2.61. The second-order valence-corrected chi connectivity index (χ2v) is 4.95. The van der Waals surface area contributed by atoms with Crippen molar-refractivity contribution in [1.82, 2.24) is 10.2 Å². The fraction of sp³-hybridized carbons (Fsp3) is 0.462. The number of carbonyl (C=O) groups excluding carboxylic acids is 1. The quantitative estimate of drug-likeness (QED) is 0.830. The van der Waals surface area contributed by atoms with E-state index in [1.54, 1.807) is 6.07 Å². The van der Waals surface area contributed by atoms with Crippen molar-refractivity contribution in [3.05, 3.63) is 34.3 Å². The fourth-order valence-corrected chi connectivity index (χ4v) is 2.39. The van der Waals surface area contributed by atoms with E-state index in [0.717, 1.165) is 30.8 Å². The summed E-state index contributed by atoms with van der Waals surface area (Å²) in [5.74, 6) is 0.105. The Morgan fingerprint density at radius 2 is 2.29 bits per heavy atom. The molecule has 0 spiro atoms. The first-order valence-electron chi connectivity index (χ1n) is 5.87. The van der Waals surface area contributed by atoms with Gasteiger partial charge in [-0.3, -0.25) is 4.79 Å². The van der Waals surface area contributed by atoms with Gasteiger partial charge in [0, 0.05) is 36.3 Å². The molecule has 92 valence electrons. The summed E-state index contributed by atoms with van der Waals surface area (Å²) in [6, 6.07) is 5.66. The Morgan fingerprint density at radius 1 is 1.53 bits per heavy atom. The minimum Gasteiger partial charge on any atom is -0.333 e. The van der Waals surface area contributed by atoms with Crippen LogP contribution in [0.4, 0.5) is 0 Å². The Kier molecular flexibility index (Phi) is 3.69. The van der Waals surface area contributed by atoms with Gasteiger partial charge in [-0.1, -0.05) is 11.6 Å². The normalized spacial score (nSPS) is 20.4. The Bertz CT molecular complexity index is 433. The van der Waals surface area contributed by atoms with Crippen LogP contribution < -0.4 is 5.32 Å². The lowest BCUT2D eigenvalue weighted by Gasteiger charge is -2.34. The molecule has 0 unspecified atom stereocenters. The van der Waals surface area contributed by atoms with Crippen LogP contribution in [-0.2, 0) is 0 Å². The molecule has 3 nitrogen and oxygen atoms in total. The molecule has 1 atom stereocenters. The number of aryl methyl sites for hydroxylation is 1. The zero-order chi connectivity index (χ0) is 12.4. The molecule has 0 aliphatic carbocycles. The van der Waals surface area contributed by atoms with Crippen molar-refractivity contribution in [2.45, 2.75) is 19.9 Å². The number of hydrogen-bond acceptors (Lipinski definition) is 2. The minimum absolute atomic E-state index is 0.105. The Balaban J connectivity index is 2.24. The predicted molar refractivity (Wildman–Crippen MR) is 69.6 cm³/mol. The number of rotatable bonds is 1. The maximum atomic E-state index is 12.4. The highest BCUT2D eigenvalue weighted by Crippen LogP contribution is 2.18. The molecule has 1 heterocycles. The van der Waals surface area contributed by atoms with Gasteiger partial charge in [0.05, 0.1) is 0 Å². The first-order chi connectivity index (χ1) is 8.09. The smallest absolute Gasteiger partial charge is 0.254 e. The number of hydrogen-bond donors (Lipinski definition) is 1. The number of amides is 1. The van der Waals surface area contributed by atoms with Crippen molar-refractivity contribution >= 4 is 17.5 Å². The molecule has 4 heteroatoms. The van der Waals surface area contributed by atoms with Crippen LogP contribution in [-0.4, -0.2) is 36.5 Å². The molecule has 1 aliphatic rings. The summed E-state index contributed by atoms with van der Waals surface area (Å²) in [5, 5.41) is 3.95. The first kappa shape index (κ1) is 12.4. The second-order valence-electron chi connectivity index (χ2n) is 4.51. The van der Waals surface area contributed by atoms with E-state index < -0.39 is 0 Å². The summed E-state index contributed by atoms with van der Waals surface area (Å²) < 4.78 is 0. The summed E-state index contributed by atoms with van der Waals surface area (Å²) >= 11 is 5.90. The summed E-state index contributed by atoms with van der Waals surface area (Å²) in [5.41, 5.74) is 1.69. The average Bonchev–Trinajstić information content (AvgIpc) is 2.29. The molecule has 0 radical (unpaired) electrons. The van der Waals surface area contributed by atoms with Gasteiger partial charge in [-0.25, -0.2) is 0 Å². The molecule has 1 saturated heterocycles. The molecule has 2 rings (SSSR count). The number of nitrogens with zero attached hydrogens (tertiary/aromatic N) is 1. The number of benzene rings is 1. The fourth-order valence-electron chi connectivity index (χ4n) is 2.16. The van der Waals surface area contributed by atoms with Gasteiger partial charge >= 0.3 is 0 Å². The Labute approximate surface area is 107 Å². The van der Waals surface area contributed by atoms with Gasteiger partial charge < -0.3 is 10.2 Å². The molecule has 17 heavy (non-hydrogen) atoms. The monoisotopic (exact) mass is 252 g/mol. The van der Waals surface area contributed by atoms with Crippen LogP contribution in [0.5, 0.6) is 0 Å². The molecule has 1 aromatic rings. The van der Waals surface area contributed by atoms with Crippen LogP contribution in [0.3, 0.4) is 0 Å². The SMILES string of the molecule is Cc1cc(Cl)ccc1C(=O)N1CCNC[C@@H]1C. The van der Waals surface area contributed by atoms with E-state index in [1.165, 1.54) is 0 Å². The van der Waals surface area contributed by atoms with Gasteiger partial charge in [0.2, 0.25) is 0 Å². The highest BCUT2D eigenvalue weighted by atomic mass is 35.5. The molecule has 1 fully saturated rings. The predicted octanol–water partition coefficient (Wildman–Crippen LogP) is 2.08. The Hall–Kier alpha value is -1.06. The van der Waals surface area contributed by atoms with E-state index in [4.69, 9.17) is 11.6 Å². The first-order valence-corrected chi connectivity index (χ1v) is 6.25. The molecular formula is C13H17ClN2O. The average molecular weight is 253 g/mol. The molecule has 0 aromatic heterocycles. The van der Waals surface area contributed by atoms with Crippen LogP contribution in [0, 0.1) is 6.92 Å². The van der Waals surface area contributed by atoms with Gasteiger partial charge in [-0.2, -0.15) is 0 Å². The third-order valence-corrected chi connectivity index (χ3v) is 3.42. The molecule has 1 aliphatic heterocycles. The van der Waals surface area contributed by atoms with Crippen molar-refractivity contribution in [2.24, 2.45) is 0 Å². The number of halogens is 1. The maximum absolute atomic E-state index is 12.4. The van der Waals surface area contributed by atoms with Crippen molar-refractivity contribution < 1.29 is 4.79 Å². The molecule has 1 amide bonds. The van der Waals surface area contributed by atoms with E-state index in [1.807, 2.05) is 24.0 Å². The second kappa shape index (κ2) is 5.07. The lowest BCUT2D eigenvalue weighted by atomic mass is 10.1. The van der Waals surface area contributed by atoms with Crippen molar-refractivity contribution in [3.63, 3.8) is 0 Å². The lowest BCUT2D eigenvalue weighted by Crippen LogP contribution is -2.52. The summed E-state index contributed by atoms with van der Waals surface area (Å²) in [6.45, 7) is 6.48. The highest BCUT2D eigenvalue weighted by molar-refractivity contribution is 6.30. The van der Waals surface area contributed by atoms with Crippen LogP contribution >= 0.6 is 11.6 Å². The van der Waals surface area contributed by atoms with Gasteiger partial charge in [0.15, 0.2) is 0 Å². The van der Waals surface area contributed by atoms with Crippen molar-refractivity contribution in [3.8, 4) is 0 Å². The minimum atomic E-state index is 0.105. The van der Waals surface area contributed by atoms with E-state index in [9.17, 15) is 4.79 Å².